The number of rotatable bonds is 2. The Hall–Kier alpha value is -1.10. The van der Waals surface area contributed by atoms with E-state index in [-0.39, 0.29) is 12.1 Å². The number of hydrogen-bond donors (Lipinski definition) is 1. The summed E-state index contributed by atoms with van der Waals surface area (Å²) in [4.78, 5) is 0. The second-order valence-corrected chi connectivity index (χ2v) is 2.48. The summed E-state index contributed by atoms with van der Waals surface area (Å²) in [6, 6.07) is 1.62. The van der Waals surface area contributed by atoms with Gasteiger partial charge in [0.1, 0.15) is 11.6 Å². The van der Waals surface area contributed by atoms with Gasteiger partial charge in [0, 0.05) is 6.54 Å². The molecule has 0 saturated carbocycles. The number of alkyl halides is 2. The molecule has 1 nitrogen and oxygen atoms in total. The van der Waals surface area contributed by atoms with Gasteiger partial charge in [-0.25, -0.2) is 17.6 Å². The summed E-state index contributed by atoms with van der Waals surface area (Å²) in [5.41, 5.74) is 4.05. The molecule has 0 fully saturated rings. The van der Waals surface area contributed by atoms with Crippen molar-refractivity contribution in [2.75, 3.05) is 0 Å². The zero-order valence-corrected chi connectivity index (χ0v) is 6.53. The molecule has 0 saturated heterocycles. The summed E-state index contributed by atoms with van der Waals surface area (Å²) >= 11 is 0. The van der Waals surface area contributed by atoms with Crippen molar-refractivity contribution < 1.29 is 17.6 Å². The highest BCUT2D eigenvalue weighted by molar-refractivity contribution is 5.26. The van der Waals surface area contributed by atoms with Gasteiger partial charge in [0.2, 0.25) is 0 Å². The molecule has 0 aromatic heterocycles. The van der Waals surface area contributed by atoms with Crippen LogP contribution < -0.4 is 5.73 Å². The maximum absolute atomic E-state index is 12.8. The maximum atomic E-state index is 12.8. The van der Waals surface area contributed by atoms with E-state index in [0.717, 1.165) is 12.1 Å². The minimum absolute atomic E-state index is 0.0860. The number of hydrogen-bond acceptors (Lipinski definition) is 1. The molecule has 13 heavy (non-hydrogen) atoms. The van der Waals surface area contributed by atoms with Crippen LogP contribution in [0.4, 0.5) is 17.6 Å². The Balaban J connectivity index is 3.23. The van der Waals surface area contributed by atoms with E-state index in [1.54, 1.807) is 0 Å². The lowest BCUT2D eigenvalue weighted by molar-refractivity contribution is 0.141. The predicted molar refractivity (Wildman–Crippen MR) is 39.2 cm³/mol. The van der Waals surface area contributed by atoms with Gasteiger partial charge in [-0.15, -0.1) is 0 Å². The first-order valence-electron chi connectivity index (χ1n) is 3.52. The molecule has 0 radical (unpaired) electrons. The van der Waals surface area contributed by atoms with Crippen LogP contribution >= 0.6 is 0 Å². The van der Waals surface area contributed by atoms with Gasteiger partial charge < -0.3 is 5.73 Å². The summed E-state index contributed by atoms with van der Waals surface area (Å²) < 4.78 is 49.6. The first-order valence-corrected chi connectivity index (χ1v) is 3.52. The number of nitrogens with two attached hydrogens (primary N) is 1. The van der Waals surface area contributed by atoms with Gasteiger partial charge in [0.25, 0.3) is 6.43 Å². The Morgan fingerprint density at radius 2 is 1.62 bits per heavy atom. The molecule has 2 N–H and O–H groups in total. The molecule has 0 unspecified atom stereocenters. The summed E-state index contributed by atoms with van der Waals surface area (Å²) in [5, 5.41) is 0. The quantitative estimate of drug-likeness (QED) is 0.717. The van der Waals surface area contributed by atoms with E-state index in [2.05, 4.69) is 0 Å². The number of benzene rings is 1. The maximum Gasteiger partial charge on any atom is 0.269 e. The minimum Gasteiger partial charge on any atom is -0.326 e. The third-order valence-electron chi connectivity index (χ3n) is 1.59. The molecular weight excluding hydrogens is 186 g/mol. The van der Waals surface area contributed by atoms with Crippen LogP contribution in [0.3, 0.4) is 0 Å². The fraction of sp³-hybridized carbons (Fsp3) is 0.250. The Morgan fingerprint density at radius 3 is 1.92 bits per heavy atom. The molecule has 1 aromatic carbocycles. The fourth-order valence-electron chi connectivity index (χ4n) is 0.963. The van der Waals surface area contributed by atoms with Crippen molar-refractivity contribution in [3.8, 4) is 0 Å². The van der Waals surface area contributed by atoms with E-state index in [1.807, 2.05) is 0 Å². The molecule has 5 heteroatoms. The van der Waals surface area contributed by atoms with Crippen molar-refractivity contribution in [3.05, 3.63) is 34.9 Å². The average molecular weight is 193 g/mol. The van der Waals surface area contributed by atoms with Gasteiger partial charge in [0.15, 0.2) is 0 Å². The molecule has 0 spiro atoms. The lowest BCUT2D eigenvalue weighted by Gasteiger charge is -2.05. The molecule has 0 amide bonds. The van der Waals surface area contributed by atoms with Crippen LogP contribution in [0.25, 0.3) is 0 Å². The van der Waals surface area contributed by atoms with E-state index in [1.165, 1.54) is 0 Å². The molecule has 0 aliphatic rings. The number of halogens is 4. The fourth-order valence-corrected chi connectivity index (χ4v) is 0.963. The molecule has 0 aliphatic carbocycles. The van der Waals surface area contributed by atoms with Gasteiger partial charge in [-0.2, -0.15) is 0 Å². The van der Waals surface area contributed by atoms with Crippen LogP contribution in [0.2, 0.25) is 0 Å². The first kappa shape index (κ1) is 9.98. The van der Waals surface area contributed by atoms with Gasteiger partial charge in [0.05, 0.1) is 5.56 Å². The van der Waals surface area contributed by atoms with Crippen LogP contribution in [0, 0.1) is 11.6 Å². The van der Waals surface area contributed by atoms with E-state index >= 15 is 0 Å². The molecule has 0 atom stereocenters. The lowest BCUT2D eigenvalue weighted by atomic mass is 10.1. The SMILES string of the molecule is NCc1cc(F)c(C(F)F)c(F)c1. The zero-order valence-electron chi connectivity index (χ0n) is 6.53. The summed E-state index contributed by atoms with van der Waals surface area (Å²) in [6.07, 6.45) is -3.15. The Bertz CT molecular complexity index is 288. The summed E-state index contributed by atoms with van der Waals surface area (Å²) in [6.45, 7) is -0.0860. The van der Waals surface area contributed by atoms with Crippen LogP contribution in [-0.4, -0.2) is 0 Å². The summed E-state index contributed by atoms with van der Waals surface area (Å²) in [5.74, 6) is -2.51. The topological polar surface area (TPSA) is 26.0 Å². The average Bonchev–Trinajstić information content (AvgIpc) is 2.02. The normalized spacial score (nSPS) is 10.9. The first-order chi connectivity index (χ1) is 6.06. The summed E-state index contributed by atoms with van der Waals surface area (Å²) in [7, 11) is 0. The van der Waals surface area contributed by atoms with E-state index in [4.69, 9.17) is 5.73 Å². The monoisotopic (exact) mass is 193 g/mol. The molecule has 0 heterocycles. The highest BCUT2D eigenvalue weighted by atomic mass is 19.3. The molecule has 72 valence electrons. The third kappa shape index (κ3) is 1.98. The van der Waals surface area contributed by atoms with Gasteiger partial charge in [-0.1, -0.05) is 0 Å². The van der Waals surface area contributed by atoms with E-state index < -0.39 is 23.6 Å². The van der Waals surface area contributed by atoms with Crippen molar-refractivity contribution >= 4 is 0 Å². The van der Waals surface area contributed by atoms with Crippen LogP contribution in [-0.2, 0) is 6.54 Å². The van der Waals surface area contributed by atoms with E-state index in [0.29, 0.717) is 0 Å². The van der Waals surface area contributed by atoms with Crippen molar-refractivity contribution in [1.29, 1.82) is 0 Å². The van der Waals surface area contributed by atoms with Crippen molar-refractivity contribution in [2.45, 2.75) is 13.0 Å². The molecule has 0 bridgehead atoms. The minimum atomic E-state index is -3.15. The largest absolute Gasteiger partial charge is 0.326 e. The highest BCUT2D eigenvalue weighted by Gasteiger charge is 2.19. The molecule has 1 aromatic rings. The molecular formula is C8H7F4N. The van der Waals surface area contributed by atoms with E-state index in [9.17, 15) is 17.6 Å². The second-order valence-electron chi connectivity index (χ2n) is 2.48. The second kappa shape index (κ2) is 3.74. The van der Waals surface area contributed by atoms with Crippen LogP contribution in [0.5, 0.6) is 0 Å². The smallest absolute Gasteiger partial charge is 0.269 e. The van der Waals surface area contributed by atoms with Gasteiger partial charge >= 0.3 is 0 Å². The molecule has 1 rings (SSSR count). The Morgan fingerprint density at radius 1 is 1.15 bits per heavy atom. The lowest BCUT2D eigenvalue weighted by Crippen LogP contribution is -2.02. The predicted octanol–water partition coefficient (Wildman–Crippen LogP) is 2.36. The van der Waals surface area contributed by atoms with Gasteiger partial charge in [-0.05, 0) is 17.7 Å². The van der Waals surface area contributed by atoms with Crippen molar-refractivity contribution in [1.82, 2.24) is 0 Å². The zero-order chi connectivity index (χ0) is 10.0. The standard InChI is InChI=1S/C8H7F4N/c9-5-1-4(3-13)2-6(10)7(5)8(11)12/h1-2,8H,3,13H2. The van der Waals surface area contributed by atoms with Crippen LogP contribution in [0.1, 0.15) is 17.6 Å². The molecule has 0 aliphatic heterocycles. The van der Waals surface area contributed by atoms with Crippen molar-refractivity contribution in [3.63, 3.8) is 0 Å². The van der Waals surface area contributed by atoms with Crippen LogP contribution in [0.15, 0.2) is 12.1 Å². The third-order valence-corrected chi connectivity index (χ3v) is 1.59. The van der Waals surface area contributed by atoms with Crippen molar-refractivity contribution in [2.24, 2.45) is 5.73 Å². The Kier molecular flexibility index (Phi) is 2.87. The Labute approximate surface area is 72.2 Å². The highest BCUT2D eigenvalue weighted by Crippen LogP contribution is 2.25. The van der Waals surface area contributed by atoms with Gasteiger partial charge in [-0.3, -0.25) is 0 Å².